The van der Waals surface area contributed by atoms with Gasteiger partial charge in [-0.15, -0.1) is 0 Å². The lowest BCUT2D eigenvalue weighted by Gasteiger charge is -2.40. The molecule has 0 radical (unpaired) electrons. The van der Waals surface area contributed by atoms with Gasteiger partial charge in [0.1, 0.15) is 22.6 Å². The van der Waals surface area contributed by atoms with Gasteiger partial charge in [-0.3, -0.25) is 4.79 Å². The molecule has 1 saturated carbocycles. The minimum absolute atomic E-state index is 0.228. The van der Waals surface area contributed by atoms with Crippen molar-refractivity contribution in [3.05, 3.63) is 47.9 Å². The number of carbonyl (C=O) groups excluding carboxylic acids is 1. The van der Waals surface area contributed by atoms with Crippen molar-refractivity contribution in [1.82, 2.24) is 14.6 Å². The third kappa shape index (κ3) is 2.89. The molecule has 1 aromatic carbocycles. The monoisotopic (exact) mass is 433 g/mol. The molecule has 2 aromatic heterocycles. The first-order valence-corrected chi connectivity index (χ1v) is 11.2. The second-order valence-corrected chi connectivity index (χ2v) is 9.79. The standard InChI is InChI=1S/C24H27N5O3/c1-23(2)12-16-9-18(27-22(30)17-13-26-29-8-4-7-25-21(17)29)19(10-20(16)32-23)28-14-15-5-6-24(28,11-15)31-3/h4,7-10,13,15H,5-6,11-12,14H2,1-3H3,(H,27,30). The van der Waals surface area contributed by atoms with E-state index in [1.165, 1.54) is 6.42 Å². The minimum atomic E-state index is -0.321. The SMILES string of the molecule is COC12CCC(CN1c1cc3c(cc1NC(=O)c1cnn4cccnc14)CC(C)(C)O3)C2. The predicted octanol–water partition coefficient (Wildman–Crippen LogP) is 3.66. The normalized spacial score (nSPS) is 25.2. The second-order valence-electron chi connectivity index (χ2n) is 9.79. The van der Waals surface area contributed by atoms with E-state index >= 15 is 0 Å². The zero-order valence-electron chi connectivity index (χ0n) is 18.6. The average Bonchev–Trinajstić information content (AvgIpc) is 3.52. The van der Waals surface area contributed by atoms with E-state index in [0.717, 1.165) is 48.5 Å². The first-order chi connectivity index (χ1) is 15.4. The minimum Gasteiger partial charge on any atom is -0.487 e. The Bertz CT molecular complexity index is 1240. The van der Waals surface area contributed by atoms with Gasteiger partial charge in [-0.05, 0) is 51.2 Å². The van der Waals surface area contributed by atoms with E-state index in [1.807, 2.05) is 0 Å². The molecule has 1 saturated heterocycles. The maximum Gasteiger partial charge on any atom is 0.261 e. The summed E-state index contributed by atoms with van der Waals surface area (Å²) in [5, 5.41) is 7.41. The molecule has 1 amide bonds. The molecule has 2 unspecified atom stereocenters. The van der Waals surface area contributed by atoms with Crippen LogP contribution in [0.15, 0.2) is 36.8 Å². The fourth-order valence-corrected chi connectivity index (χ4v) is 5.66. The number of carbonyl (C=O) groups is 1. The fourth-order valence-electron chi connectivity index (χ4n) is 5.66. The Kier molecular flexibility index (Phi) is 4.08. The van der Waals surface area contributed by atoms with Gasteiger partial charge in [-0.1, -0.05) is 0 Å². The highest BCUT2D eigenvalue weighted by Crippen LogP contribution is 2.52. The number of benzene rings is 1. The summed E-state index contributed by atoms with van der Waals surface area (Å²) in [7, 11) is 1.79. The van der Waals surface area contributed by atoms with Crippen LogP contribution in [0.3, 0.4) is 0 Å². The van der Waals surface area contributed by atoms with Gasteiger partial charge in [-0.25, -0.2) is 9.50 Å². The summed E-state index contributed by atoms with van der Waals surface area (Å²) in [5.74, 6) is 1.26. The molecule has 1 aliphatic carbocycles. The molecule has 3 aromatic rings. The molecule has 2 aliphatic heterocycles. The van der Waals surface area contributed by atoms with Crippen LogP contribution in [0.5, 0.6) is 5.75 Å². The Labute approximate surface area is 186 Å². The Morgan fingerprint density at radius 3 is 3.03 bits per heavy atom. The van der Waals surface area contributed by atoms with Gasteiger partial charge in [-0.2, -0.15) is 5.10 Å². The van der Waals surface area contributed by atoms with Crippen molar-refractivity contribution in [3.63, 3.8) is 0 Å². The number of hydrogen-bond donors (Lipinski definition) is 1. The Balaban J connectivity index is 1.42. The number of ether oxygens (including phenoxy) is 2. The highest BCUT2D eigenvalue weighted by molar-refractivity contribution is 6.09. The molecular weight excluding hydrogens is 406 g/mol. The summed E-state index contributed by atoms with van der Waals surface area (Å²) in [6.45, 7) is 5.09. The highest BCUT2D eigenvalue weighted by atomic mass is 16.5. The van der Waals surface area contributed by atoms with E-state index in [0.29, 0.717) is 17.1 Å². The van der Waals surface area contributed by atoms with E-state index in [9.17, 15) is 4.79 Å². The summed E-state index contributed by atoms with van der Waals surface area (Å²) in [5.41, 5.74) is 3.21. The van der Waals surface area contributed by atoms with Crippen LogP contribution in [0, 0.1) is 5.92 Å². The third-order valence-electron chi connectivity index (χ3n) is 7.11. The molecule has 8 heteroatoms. The first kappa shape index (κ1) is 19.5. The topological polar surface area (TPSA) is 81.0 Å². The smallest absolute Gasteiger partial charge is 0.261 e. The van der Waals surface area contributed by atoms with Crippen LogP contribution < -0.4 is 15.0 Å². The van der Waals surface area contributed by atoms with Crippen LogP contribution in [0.1, 0.15) is 49.0 Å². The van der Waals surface area contributed by atoms with Crippen molar-refractivity contribution in [2.24, 2.45) is 5.92 Å². The van der Waals surface area contributed by atoms with E-state index < -0.39 is 0 Å². The molecule has 8 nitrogen and oxygen atoms in total. The van der Waals surface area contributed by atoms with Gasteiger partial charge >= 0.3 is 0 Å². The van der Waals surface area contributed by atoms with Crippen molar-refractivity contribution < 1.29 is 14.3 Å². The average molecular weight is 434 g/mol. The molecule has 32 heavy (non-hydrogen) atoms. The number of amides is 1. The van der Waals surface area contributed by atoms with Gasteiger partial charge in [0.2, 0.25) is 0 Å². The fraction of sp³-hybridized carbons (Fsp3) is 0.458. The molecule has 166 valence electrons. The third-order valence-corrected chi connectivity index (χ3v) is 7.11. The first-order valence-electron chi connectivity index (χ1n) is 11.2. The summed E-state index contributed by atoms with van der Waals surface area (Å²) in [6.07, 6.45) is 8.98. The highest BCUT2D eigenvalue weighted by Gasteiger charge is 2.52. The van der Waals surface area contributed by atoms with Crippen LogP contribution >= 0.6 is 0 Å². The number of nitrogens with zero attached hydrogens (tertiary/aromatic N) is 4. The number of hydrogen-bond acceptors (Lipinski definition) is 6. The quantitative estimate of drug-likeness (QED) is 0.676. The molecule has 2 bridgehead atoms. The van der Waals surface area contributed by atoms with Crippen LogP contribution in [0.2, 0.25) is 0 Å². The van der Waals surface area contributed by atoms with E-state index in [-0.39, 0.29) is 17.2 Å². The summed E-state index contributed by atoms with van der Waals surface area (Å²) < 4.78 is 13.9. The van der Waals surface area contributed by atoms with Gasteiger partial charge < -0.3 is 19.7 Å². The van der Waals surface area contributed by atoms with E-state index in [1.54, 1.807) is 36.3 Å². The molecule has 4 heterocycles. The Morgan fingerprint density at radius 2 is 2.22 bits per heavy atom. The maximum atomic E-state index is 13.3. The molecule has 6 rings (SSSR count). The lowest BCUT2D eigenvalue weighted by molar-refractivity contribution is 0.00380. The predicted molar refractivity (Wildman–Crippen MR) is 120 cm³/mol. The lowest BCUT2D eigenvalue weighted by Crippen LogP contribution is -2.46. The molecule has 3 aliphatic rings. The molecule has 1 N–H and O–H groups in total. The number of aromatic nitrogens is 3. The molecular formula is C24H27N5O3. The summed E-state index contributed by atoms with van der Waals surface area (Å²) >= 11 is 0. The van der Waals surface area contributed by atoms with Crippen molar-refractivity contribution in [3.8, 4) is 5.75 Å². The number of piperidine rings is 1. The largest absolute Gasteiger partial charge is 0.487 e. The van der Waals surface area contributed by atoms with Gasteiger partial charge in [0, 0.05) is 44.1 Å². The zero-order valence-corrected chi connectivity index (χ0v) is 18.6. The lowest BCUT2D eigenvalue weighted by atomic mass is 10.00. The maximum absolute atomic E-state index is 13.3. The number of nitrogens with one attached hydrogen (secondary N) is 1. The van der Waals surface area contributed by atoms with Gasteiger partial charge in [0.05, 0.1) is 17.6 Å². The number of fused-ring (bicyclic) bond motifs is 4. The van der Waals surface area contributed by atoms with Crippen molar-refractivity contribution in [1.29, 1.82) is 0 Å². The van der Waals surface area contributed by atoms with Gasteiger partial charge in [0.25, 0.3) is 5.91 Å². The second kappa shape index (κ2) is 6.68. The van der Waals surface area contributed by atoms with Crippen molar-refractivity contribution in [2.75, 3.05) is 23.9 Å². The van der Waals surface area contributed by atoms with E-state index in [2.05, 4.69) is 46.3 Å². The van der Waals surface area contributed by atoms with Crippen LogP contribution in [0.4, 0.5) is 11.4 Å². The van der Waals surface area contributed by atoms with Gasteiger partial charge in [0.15, 0.2) is 5.65 Å². The van der Waals surface area contributed by atoms with E-state index in [4.69, 9.17) is 9.47 Å². The zero-order chi connectivity index (χ0) is 22.1. The Hall–Kier alpha value is -3.13. The Morgan fingerprint density at radius 1 is 1.34 bits per heavy atom. The number of rotatable bonds is 4. The number of methoxy groups -OCH3 is 1. The van der Waals surface area contributed by atoms with Crippen molar-refractivity contribution in [2.45, 2.75) is 50.9 Å². The van der Waals surface area contributed by atoms with Crippen molar-refractivity contribution >= 4 is 22.9 Å². The summed E-state index contributed by atoms with van der Waals surface area (Å²) in [4.78, 5) is 20.0. The molecule has 2 atom stereocenters. The molecule has 2 fully saturated rings. The number of anilines is 2. The molecule has 0 spiro atoms. The van der Waals surface area contributed by atoms with Crippen LogP contribution in [0.25, 0.3) is 5.65 Å². The van der Waals surface area contributed by atoms with Crippen LogP contribution in [-0.2, 0) is 11.2 Å². The van der Waals surface area contributed by atoms with Crippen LogP contribution in [-0.4, -0.2) is 45.5 Å². The summed E-state index contributed by atoms with van der Waals surface area (Å²) in [6, 6.07) is 5.93.